The van der Waals surface area contributed by atoms with Gasteiger partial charge in [0.1, 0.15) is 11.4 Å². The Morgan fingerprint density at radius 2 is 2.08 bits per heavy atom. The van der Waals surface area contributed by atoms with Gasteiger partial charge >= 0.3 is 6.09 Å². The number of hydrogen-bond donors (Lipinski definition) is 1. The summed E-state index contributed by atoms with van der Waals surface area (Å²) in [4.78, 5) is 14.0. The maximum absolute atomic E-state index is 14.4. The van der Waals surface area contributed by atoms with Gasteiger partial charge in [-0.2, -0.15) is 0 Å². The van der Waals surface area contributed by atoms with Crippen LogP contribution >= 0.6 is 15.9 Å². The van der Waals surface area contributed by atoms with E-state index in [-0.39, 0.29) is 6.42 Å². The van der Waals surface area contributed by atoms with Crippen LogP contribution in [0.15, 0.2) is 22.7 Å². The molecule has 0 bridgehead atoms. The average molecular weight is 451 g/mol. The molecule has 1 saturated heterocycles. The highest BCUT2D eigenvalue weighted by Gasteiger charge is 2.40. The first-order valence-corrected chi connectivity index (χ1v) is 11.0. The number of hydrogen-bond acceptors (Lipinski definition) is 4. The average Bonchev–Trinajstić information content (AvgIpc) is 2.83. The summed E-state index contributed by atoms with van der Waals surface area (Å²) < 4.78 is 46.1. The first-order chi connectivity index (χ1) is 11.9. The van der Waals surface area contributed by atoms with Gasteiger partial charge in [-0.05, 0) is 61.2 Å². The second-order valence-electron chi connectivity index (χ2n) is 7.44. The highest BCUT2D eigenvalue weighted by atomic mass is 79.9. The van der Waals surface area contributed by atoms with Gasteiger partial charge in [0.2, 0.25) is 10.0 Å². The lowest BCUT2D eigenvalue weighted by Gasteiger charge is -2.31. The molecular weight excluding hydrogens is 427 g/mol. The van der Waals surface area contributed by atoms with Crippen LogP contribution < -0.4 is 4.72 Å². The zero-order chi connectivity index (χ0) is 19.7. The summed E-state index contributed by atoms with van der Waals surface area (Å²) in [6, 6.07) is 3.88. The van der Waals surface area contributed by atoms with Crippen LogP contribution in [-0.2, 0) is 21.2 Å². The molecule has 1 heterocycles. The Morgan fingerprint density at radius 3 is 2.65 bits per heavy atom. The molecule has 0 aromatic heterocycles. The van der Waals surface area contributed by atoms with Crippen molar-refractivity contribution >= 4 is 32.0 Å². The molecule has 26 heavy (non-hydrogen) atoms. The van der Waals surface area contributed by atoms with E-state index in [9.17, 15) is 17.6 Å². The minimum atomic E-state index is -3.47. The van der Waals surface area contributed by atoms with E-state index in [1.165, 1.54) is 4.90 Å². The van der Waals surface area contributed by atoms with Gasteiger partial charge in [0, 0.05) is 12.6 Å². The fourth-order valence-corrected chi connectivity index (χ4v) is 4.23. The molecule has 1 aliphatic rings. The predicted octanol–water partition coefficient (Wildman–Crippen LogP) is 3.06. The van der Waals surface area contributed by atoms with Crippen molar-refractivity contribution in [2.45, 2.75) is 51.3 Å². The first kappa shape index (κ1) is 21.1. The summed E-state index contributed by atoms with van der Waals surface area (Å²) in [7, 11) is -3.47. The Morgan fingerprint density at radius 1 is 1.42 bits per heavy atom. The normalized spacial score (nSPS) is 21.1. The Labute approximate surface area is 162 Å². The van der Waals surface area contributed by atoms with Crippen molar-refractivity contribution in [2.75, 3.05) is 12.8 Å². The van der Waals surface area contributed by atoms with Gasteiger partial charge in [0.05, 0.1) is 16.8 Å². The van der Waals surface area contributed by atoms with Crippen LogP contribution in [0.1, 0.15) is 32.8 Å². The maximum atomic E-state index is 14.4. The van der Waals surface area contributed by atoms with Gasteiger partial charge in [-0.3, -0.25) is 0 Å². The third kappa shape index (κ3) is 5.65. The number of benzene rings is 1. The first-order valence-electron chi connectivity index (χ1n) is 8.27. The number of sulfonamides is 1. The Bertz CT molecular complexity index is 779. The van der Waals surface area contributed by atoms with Crippen molar-refractivity contribution in [3.63, 3.8) is 0 Å². The summed E-state index contributed by atoms with van der Waals surface area (Å²) in [6.45, 7) is 5.62. The van der Waals surface area contributed by atoms with Gasteiger partial charge in [0.15, 0.2) is 0 Å². The van der Waals surface area contributed by atoms with Crippen molar-refractivity contribution < 1.29 is 22.3 Å². The van der Waals surface area contributed by atoms with Crippen molar-refractivity contribution in [1.82, 2.24) is 9.62 Å². The SMILES string of the molecule is CC(C)(C)OC(=O)N1CC[C@H](NS(C)(=O)=O)[C@@H]1Cc1cccc(Br)c1F. The standard InChI is InChI=1S/C17H24BrFN2O4S/c1-17(2,3)25-16(22)21-9-8-13(20-26(4,23)24)14(21)10-11-6-5-7-12(18)15(11)19/h5-7,13-14,20H,8-10H2,1-4H3/t13-,14-/m0/s1. The molecule has 2 rings (SSSR count). The number of likely N-dealkylation sites (tertiary alicyclic amines) is 1. The van der Waals surface area contributed by atoms with E-state index < -0.39 is 39.6 Å². The van der Waals surface area contributed by atoms with Gasteiger partial charge in [-0.1, -0.05) is 12.1 Å². The third-order valence-electron chi connectivity index (χ3n) is 4.00. The fraction of sp³-hybridized carbons (Fsp3) is 0.588. The molecule has 9 heteroatoms. The Hall–Kier alpha value is -1.19. The number of carbonyl (C=O) groups is 1. The van der Waals surface area contributed by atoms with Gasteiger partial charge in [0.25, 0.3) is 0 Å². The molecule has 1 fully saturated rings. The summed E-state index contributed by atoms with van der Waals surface area (Å²) >= 11 is 3.15. The second kappa shape index (κ2) is 7.82. The molecule has 0 saturated carbocycles. The minimum Gasteiger partial charge on any atom is -0.444 e. The van der Waals surface area contributed by atoms with Crippen molar-refractivity contribution in [3.05, 3.63) is 34.1 Å². The lowest BCUT2D eigenvalue weighted by atomic mass is 10.0. The van der Waals surface area contributed by atoms with E-state index in [2.05, 4.69) is 20.7 Å². The highest BCUT2D eigenvalue weighted by Crippen LogP contribution is 2.27. The van der Waals surface area contributed by atoms with E-state index in [0.29, 0.717) is 23.0 Å². The molecule has 6 nitrogen and oxygen atoms in total. The van der Waals surface area contributed by atoms with E-state index in [4.69, 9.17) is 4.74 Å². The molecule has 2 atom stereocenters. The quantitative estimate of drug-likeness (QED) is 0.764. The van der Waals surface area contributed by atoms with E-state index >= 15 is 0 Å². The van der Waals surface area contributed by atoms with E-state index in [1.54, 1.807) is 39.0 Å². The molecule has 0 spiro atoms. The second-order valence-corrected chi connectivity index (χ2v) is 10.1. The highest BCUT2D eigenvalue weighted by molar-refractivity contribution is 9.10. The number of halogens is 2. The zero-order valence-corrected chi connectivity index (χ0v) is 17.7. The van der Waals surface area contributed by atoms with Crippen LogP contribution in [0.2, 0.25) is 0 Å². The number of rotatable bonds is 4. The number of ether oxygens (including phenoxy) is 1. The maximum Gasteiger partial charge on any atom is 0.410 e. The third-order valence-corrected chi connectivity index (χ3v) is 5.34. The number of nitrogens with one attached hydrogen (secondary N) is 1. The zero-order valence-electron chi connectivity index (χ0n) is 15.3. The summed E-state index contributed by atoms with van der Waals surface area (Å²) in [5.74, 6) is -0.415. The number of carbonyl (C=O) groups excluding carboxylic acids is 1. The molecule has 1 aliphatic heterocycles. The summed E-state index contributed by atoms with van der Waals surface area (Å²) in [6.07, 6.45) is 1.15. The van der Waals surface area contributed by atoms with Gasteiger partial charge in [-0.15, -0.1) is 0 Å². The fourth-order valence-electron chi connectivity index (χ4n) is 3.00. The monoisotopic (exact) mass is 450 g/mol. The van der Waals surface area contributed by atoms with Crippen LogP contribution in [0.3, 0.4) is 0 Å². The van der Waals surface area contributed by atoms with Crippen LogP contribution in [0.25, 0.3) is 0 Å². The lowest BCUT2D eigenvalue weighted by Crippen LogP contribution is -2.48. The van der Waals surface area contributed by atoms with E-state index in [1.807, 2.05) is 0 Å². The van der Waals surface area contributed by atoms with Crippen LogP contribution in [0.4, 0.5) is 9.18 Å². The summed E-state index contributed by atoms with van der Waals surface area (Å²) in [5, 5.41) is 0. The molecule has 0 radical (unpaired) electrons. The van der Waals surface area contributed by atoms with Crippen LogP contribution in [0.5, 0.6) is 0 Å². The predicted molar refractivity (Wildman–Crippen MR) is 101 cm³/mol. The summed E-state index contributed by atoms with van der Waals surface area (Å²) in [5.41, 5.74) is -0.273. The van der Waals surface area contributed by atoms with Crippen molar-refractivity contribution in [1.29, 1.82) is 0 Å². The van der Waals surface area contributed by atoms with Crippen molar-refractivity contribution in [3.8, 4) is 0 Å². The molecule has 1 N–H and O–H groups in total. The van der Waals surface area contributed by atoms with Crippen LogP contribution in [-0.4, -0.2) is 49.9 Å². The minimum absolute atomic E-state index is 0.178. The molecule has 0 unspecified atom stereocenters. The topological polar surface area (TPSA) is 75.7 Å². The lowest BCUT2D eigenvalue weighted by molar-refractivity contribution is 0.0218. The molecular formula is C17H24BrFN2O4S. The molecule has 1 aromatic carbocycles. The van der Waals surface area contributed by atoms with Crippen molar-refractivity contribution in [2.24, 2.45) is 0 Å². The number of nitrogens with zero attached hydrogens (tertiary/aromatic N) is 1. The molecule has 0 aliphatic carbocycles. The molecule has 1 aromatic rings. The van der Waals surface area contributed by atoms with Gasteiger partial charge < -0.3 is 9.64 Å². The smallest absolute Gasteiger partial charge is 0.410 e. The number of amides is 1. The van der Waals surface area contributed by atoms with Crippen LogP contribution in [0, 0.1) is 5.82 Å². The molecule has 1 amide bonds. The Kier molecular flexibility index (Phi) is 6.35. The van der Waals surface area contributed by atoms with Gasteiger partial charge in [-0.25, -0.2) is 22.3 Å². The molecule has 146 valence electrons. The Balaban J connectivity index is 2.30. The largest absolute Gasteiger partial charge is 0.444 e. The van der Waals surface area contributed by atoms with E-state index in [0.717, 1.165) is 6.26 Å².